The van der Waals surface area contributed by atoms with Crippen LogP contribution in [-0.2, 0) is 4.79 Å². The predicted molar refractivity (Wildman–Crippen MR) is 113 cm³/mol. The zero-order valence-electron chi connectivity index (χ0n) is 17.2. The van der Waals surface area contributed by atoms with Gasteiger partial charge < -0.3 is 20.4 Å². The number of rotatable bonds is 5. The molecule has 164 valence electrons. The Hall–Kier alpha value is -2.85. The quantitative estimate of drug-likeness (QED) is 0.749. The molecule has 3 aliphatic rings. The van der Waals surface area contributed by atoms with E-state index in [9.17, 15) is 13.6 Å². The van der Waals surface area contributed by atoms with Gasteiger partial charge in [0.2, 0.25) is 5.91 Å². The summed E-state index contributed by atoms with van der Waals surface area (Å²) in [7, 11) is 0. The lowest BCUT2D eigenvalue weighted by Crippen LogP contribution is -2.51. The third-order valence-corrected chi connectivity index (χ3v) is 6.27. The summed E-state index contributed by atoms with van der Waals surface area (Å²) in [5.74, 6) is -0.405. The van der Waals surface area contributed by atoms with Gasteiger partial charge in [-0.3, -0.25) is 9.69 Å². The van der Waals surface area contributed by atoms with Crippen molar-refractivity contribution >= 4 is 23.2 Å². The summed E-state index contributed by atoms with van der Waals surface area (Å²) in [4.78, 5) is 27.3. The zero-order valence-corrected chi connectivity index (χ0v) is 17.2. The second kappa shape index (κ2) is 8.35. The fourth-order valence-electron chi connectivity index (χ4n) is 4.42. The lowest BCUT2D eigenvalue weighted by Gasteiger charge is -2.43. The first-order valence-electron chi connectivity index (χ1n) is 10.6. The Balaban J connectivity index is 1.33. The zero-order chi connectivity index (χ0) is 21.4. The van der Waals surface area contributed by atoms with Gasteiger partial charge in [-0.15, -0.1) is 0 Å². The molecule has 1 amide bonds. The number of carbonyl (C=O) groups excluding carboxylic acids is 1. The van der Waals surface area contributed by atoms with Crippen LogP contribution in [0, 0.1) is 11.6 Å². The number of nitrogens with one attached hydrogen (secondary N) is 2. The highest BCUT2D eigenvalue weighted by Gasteiger charge is 2.31. The van der Waals surface area contributed by atoms with Crippen LogP contribution in [0.25, 0.3) is 0 Å². The molecule has 5 rings (SSSR count). The van der Waals surface area contributed by atoms with Crippen molar-refractivity contribution in [1.82, 2.24) is 19.8 Å². The van der Waals surface area contributed by atoms with E-state index in [0.717, 1.165) is 38.3 Å². The van der Waals surface area contributed by atoms with Crippen LogP contribution in [0.15, 0.2) is 24.5 Å². The summed E-state index contributed by atoms with van der Waals surface area (Å²) < 4.78 is 27.4. The molecule has 0 aliphatic carbocycles. The van der Waals surface area contributed by atoms with E-state index in [-0.39, 0.29) is 18.5 Å². The van der Waals surface area contributed by atoms with E-state index >= 15 is 0 Å². The second-order valence-electron chi connectivity index (χ2n) is 8.19. The summed E-state index contributed by atoms with van der Waals surface area (Å²) in [5.41, 5.74) is 1.42. The van der Waals surface area contributed by atoms with Gasteiger partial charge in [0.05, 0.1) is 6.54 Å². The number of benzene rings is 1. The first-order chi connectivity index (χ1) is 15.1. The molecular weight excluding hydrogens is 404 g/mol. The van der Waals surface area contributed by atoms with E-state index in [1.165, 1.54) is 24.9 Å². The first-order valence-corrected chi connectivity index (χ1v) is 10.6. The van der Waals surface area contributed by atoms with Crippen molar-refractivity contribution in [3.63, 3.8) is 0 Å². The van der Waals surface area contributed by atoms with Gasteiger partial charge in [-0.05, 0) is 37.2 Å². The molecular formula is C21H25F2N7O. The third-order valence-electron chi connectivity index (χ3n) is 6.27. The number of anilines is 3. The van der Waals surface area contributed by atoms with Crippen molar-refractivity contribution < 1.29 is 13.6 Å². The van der Waals surface area contributed by atoms with E-state index in [0.29, 0.717) is 30.4 Å². The minimum atomic E-state index is -0.819. The SMILES string of the molecule is O=C1CNc2ncnc(N3CCN(C(CN4CCC4)c4ccc(F)c(F)c4)CC3)c2N1. The maximum absolute atomic E-state index is 13.9. The number of hydrogen-bond donors (Lipinski definition) is 2. The van der Waals surface area contributed by atoms with Crippen LogP contribution in [0.3, 0.4) is 0 Å². The average Bonchev–Trinajstić information content (AvgIpc) is 2.75. The molecule has 2 aromatic rings. The van der Waals surface area contributed by atoms with E-state index in [2.05, 4.69) is 35.3 Å². The molecule has 0 radical (unpaired) electrons. The number of carbonyl (C=O) groups is 1. The highest BCUT2D eigenvalue weighted by molar-refractivity contribution is 6.02. The van der Waals surface area contributed by atoms with E-state index < -0.39 is 11.6 Å². The number of aromatic nitrogens is 2. The Labute approximate surface area is 179 Å². The van der Waals surface area contributed by atoms with E-state index in [4.69, 9.17) is 0 Å². The average molecular weight is 429 g/mol. The number of halogens is 2. The molecule has 1 atom stereocenters. The number of amides is 1. The third kappa shape index (κ3) is 4.05. The molecule has 31 heavy (non-hydrogen) atoms. The van der Waals surface area contributed by atoms with Crippen molar-refractivity contribution in [3.8, 4) is 0 Å². The standard InChI is InChI=1S/C21H25F2N7O/c22-15-3-2-14(10-16(15)23)17(12-28-4-1-5-28)29-6-8-30(9-7-29)21-19-20(25-13-26-21)24-11-18(31)27-19/h2-3,10,13,17H,1,4-9,11-12H2,(H,27,31)(H,24,25,26). The summed E-state index contributed by atoms with van der Waals surface area (Å²) >= 11 is 0. The highest BCUT2D eigenvalue weighted by atomic mass is 19.2. The molecule has 1 unspecified atom stereocenters. The molecule has 1 aromatic heterocycles. The number of likely N-dealkylation sites (tertiary alicyclic amines) is 1. The molecule has 2 saturated heterocycles. The van der Waals surface area contributed by atoms with Crippen LogP contribution >= 0.6 is 0 Å². The Morgan fingerprint density at radius 1 is 1.03 bits per heavy atom. The fourth-order valence-corrected chi connectivity index (χ4v) is 4.42. The fraction of sp³-hybridized carbons (Fsp3) is 0.476. The van der Waals surface area contributed by atoms with Gasteiger partial charge >= 0.3 is 0 Å². The Morgan fingerprint density at radius 3 is 2.55 bits per heavy atom. The molecule has 8 nitrogen and oxygen atoms in total. The van der Waals surface area contributed by atoms with Gasteiger partial charge in [-0.1, -0.05) is 6.07 Å². The van der Waals surface area contributed by atoms with Crippen molar-refractivity contribution in [3.05, 3.63) is 41.7 Å². The smallest absolute Gasteiger partial charge is 0.243 e. The molecule has 2 N–H and O–H groups in total. The molecule has 0 saturated carbocycles. The summed E-state index contributed by atoms with van der Waals surface area (Å²) in [6.07, 6.45) is 2.68. The van der Waals surface area contributed by atoms with Crippen LogP contribution in [-0.4, -0.2) is 78.0 Å². The molecule has 0 spiro atoms. The lowest BCUT2D eigenvalue weighted by atomic mass is 10.0. The van der Waals surface area contributed by atoms with E-state index in [1.807, 2.05) is 0 Å². The monoisotopic (exact) mass is 429 g/mol. The topological polar surface area (TPSA) is 76.6 Å². The summed E-state index contributed by atoms with van der Waals surface area (Å²) in [6.45, 7) is 5.99. The van der Waals surface area contributed by atoms with Crippen LogP contribution in [0.1, 0.15) is 18.0 Å². The summed E-state index contributed by atoms with van der Waals surface area (Å²) in [6, 6.07) is 4.23. The molecule has 10 heteroatoms. The van der Waals surface area contributed by atoms with Gasteiger partial charge in [0.25, 0.3) is 0 Å². The largest absolute Gasteiger partial charge is 0.359 e. The van der Waals surface area contributed by atoms with Gasteiger partial charge in [0.15, 0.2) is 23.3 Å². The molecule has 0 bridgehead atoms. The Kier molecular flexibility index (Phi) is 5.41. The van der Waals surface area contributed by atoms with Gasteiger partial charge in [-0.25, -0.2) is 18.7 Å². The maximum Gasteiger partial charge on any atom is 0.243 e. The molecule has 3 aliphatic heterocycles. The predicted octanol–water partition coefficient (Wildman–Crippen LogP) is 1.69. The second-order valence-corrected chi connectivity index (χ2v) is 8.19. The number of piperazine rings is 1. The van der Waals surface area contributed by atoms with Crippen molar-refractivity contribution in [1.29, 1.82) is 0 Å². The van der Waals surface area contributed by atoms with Gasteiger partial charge in [0, 0.05) is 38.8 Å². The maximum atomic E-state index is 13.9. The number of fused-ring (bicyclic) bond motifs is 1. The number of hydrogen-bond acceptors (Lipinski definition) is 7. The number of nitrogens with zero attached hydrogens (tertiary/aromatic N) is 5. The summed E-state index contributed by atoms with van der Waals surface area (Å²) in [5, 5.41) is 5.89. The Bertz CT molecular complexity index is 976. The van der Waals surface area contributed by atoms with Crippen molar-refractivity contribution in [2.75, 3.05) is 67.9 Å². The van der Waals surface area contributed by atoms with E-state index in [1.54, 1.807) is 6.07 Å². The first kappa shape index (κ1) is 20.1. The van der Waals surface area contributed by atoms with Crippen molar-refractivity contribution in [2.45, 2.75) is 12.5 Å². The normalized spacial score (nSPS) is 20.5. The minimum Gasteiger partial charge on any atom is -0.359 e. The van der Waals surface area contributed by atoms with Crippen molar-refractivity contribution in [2.24, 2.45) is 0 Å². The lowest BCUT2D eigenvalue weighted by molar-refractivity contribution is -0.114. The Morgan fingerprint density at radius 2 is 1.84 bits per heavy atom. The van der Waals surface area contributed by atoms with Crippen LogP contribution < -0.4 is 15.5 Å². The van der Waals surface area contributed by atoms with Crippen LogP contribution in [0.5, 0.6) is 0 Å². The minimum absolute atomic E-state index is 0.00164. The molecule has 4 heterocycles. The van der Waals surface area contributed by atoms with Crippen LogP contribution in [0.2, 0.25) is 0 Å². The van der Waals surface area contributed by atoms with Crippen LogP contribution in [0.4, 0.5) is 26.1 Å². The van der Waals surface area contributed by atoms with Gasteiger partial charge in [0.1, 0.15) is 12.0 Å². The molecule has 1 aromatic carbocycles. The highest BCUT2D eigenvalue weighted by Crippen LogP contribution is 2.33. The van der Waals surface area contributed by atoms with Gasteiger partial charge in [-0.2, -0.15) is 0 Å². The molecule has 2 fully saturated rings.